The van der Waals surface area contributed by atoms with E-state index in [9.17, 15) is 9.90 Å². The van der Waals surface area contributed by atoms with E-state index in [1.807, 2.05) is 0 Å². The molecule has 0 amide bonds. The van der Waals surface area contributed by atoms with Gasteiger partial charge in [0.2, 0.25) is 0 Å². The number of phenols is 1. The highest BCUT2D eigenvalue weighted by Crippen LogP contribution is 2.26. The lowest BCUT2D eigenvalue weighted by Crippen LogP contribution is -2.11. The Bertz CT molecular complexity index is 336. The Hall–Kier alpha value is -1.22. The smallest absolute Gasteiger partial charge is 0.184 e. The predicted octanol–water partition coefficient (Wildman–Crippen LogP) is 1.78. The summed E-state index contributed by atoms with van der Waals surface area (Å²) in [5.74, 6) is -0.522. The maximum atomic E-state index is 11.4. The van der Waals surface area contributed by atoms with E-state index in [1.165, 1.54) is 12.1 Å². The van der Waals surface area contributed by atoms with Crippen LogP contribution in [0.3, 0.4) is 0 Å². The van der Waals surface area contributed by atoms with Crippen LogP contribution in [0.1, 0.15) is 17.3 Å². The van der Waals surface area contributed by atoms with Crippen LogP contribution < -0.4 is 5.73 Å². The zero-order valence-electron chi connectivity index (χ0n) is 7.12. The quantitative estimate of drug-likeness (QED) is 0.330. The van der Waals surface area contributed by atoms with Gasteiger partial charge in [0.15, 0.2) is 5.78 Å². The molecule has 70 valence electrons. The average molecular weight is 200 g/mol. The first kappa shape index (κ1) is 9.86. The summed E-state index contributed by atoms with van der Waals surface area (Å²) in [6.07, 6.45) is 0. The SMILES string of the molecule is CC(Cl)C(=O)c1cccc(N)c1O. The Morgan fingerprint density at radius 2 is 2.23 bits per heavy atom. The molecule has 1 atom stereocenters. The van der Waals surface area contributed by atoms with Gasteiger partial charge in [-0.05, 0) is 19.1 Å². The molecule has 1 aromatic rings. The summed E-state index contributed by atoms with van der Waals surface area (Å²) in [6, 6.07) is 4.61. The van der Waals surface area contributed by atoms with Gasteiger partial charge in [0.1, 0.15) is 5.75 Å². The number of carbonyl (C=O) groups excluding carboxylic acids is 1. The number of Topliss-reactive ketones (excluding diaryl/α,β-unsaturated/α-hetero) is 1. The van der Waals surface area contributed by atoms with Crippen molar-refractivity contribution in [3.63, 3.8) is 0 Å². The Morgan fingerprint density at radius 3 is 2.77 bits per heavy atom. The van der Waals surface area contributed by atoms with Crippen LogP contribution in [0.2, 0.25) is 0 Å². The third kappa shape index (κ3) is 1.92. The molecule has 3 N–H and O–H groups in total. The summed E-state index contributed by atoms with van der Waals surface area (Å²) in [4.78, 5) is 11.4. The molecule has 3 nitrogen and oxygen atoms in total. The monoisotopic (exact) mass is 199 g/mol. The van der Waals surface area contributed by atoms with Crippen LogP contribution in [0.15, 0.2) is 18.2 Å². The molecule has 0 saturated heterocycles. The van der Waals surface area contributed by atoms with Crippen LogP contribution in [0.25, 0.3) is 0 Å². The zero-order chi connectivity index (χ0) is 10.0. The van der Waals surface area contributed by atoms with Gasteiger partial charge >= 0.3 is 0 Å². The van der Waals surface area contributed by atoms with Crippen LogP contribution in [0, 0.1) is 0 Å². The number of rotatable bonds is 2. The molecular formula is C9H10ClNO2. The fraction of sp³-hybridized carbons (Fsp3) is 0.222. The van der Waals surface area contributed by atoms with Crippen LogP contribution in [-0.2, 0) is 0 Å². The molecule has 0 spiro atoms. The average Bonchev–Trinajstić information content (AvgIpc) is 2.08. The first-order valence-corrected chi connectivity index (χ1v) is 4.23. The minimum absolute atomic E-state index is 0.169. The highest BCUT2D eigenvalue weighted by Gasteiger charge is 2.16. The number of alkyl halides is 1. The van der Waals surface area contributed by atoms with Crippen LogP contribution >= 0.6 is 11.6 Å². The van der Waals surface area contributed by atoms with Crippen molar-refractivity contribution in [2.24, 2.45) is 0 Å². The Balaban J connectivity index is 3.15. The van der Waals surface area contributed by atoms with Crippen LogP contribution in [0.5, 0.6) is 5.75 Å². The van der Waals surface area contributed by atoms with E-state index in [0.717, 1.165) is 0 Å². The highest BCUT2D eigenvalue weighted by molar-refractivity contribution is 6.34. The van der Waals surface area contributed by atoms with Gasteiger partial charge in [-0.25, -0.2) is 0 Å². The molecule has 1 aromatic carbocycles. The lowest BCUT2D eigenvalue weighted by atomic mass is 10.1. The predicted molar refractivity (Wildman–Crippen MR) is 52.2 cm³/mol. The third-order valence-electron chi connectivity index (χ3n) is 1.69. The Kier molecular flexibility index (Phi) is 2.78. The minimum atomic E-state index is -0.660. The number of phenolic OH excluding ortho intramolecular Hbond substituents is 1. The molecule has 1 rings (SSSR count). The molecule has 0 aliphatic carbocycles. The molecule has 13 heavy (non-hydrogen) atoms. The number of carbonyl (C=O) groups is 1. The maximum absolute atomic E-state index is 11.4. The van der Waals surface area contributed by atoms with Crippen molar-refractivity contribution in [3.8, 4) is 5.75 Å². The molecular weight excluding hydrogens is 190 g/mol. The summed E-state index contributed by atoms with van der Waals surface area (Å²) in [7, 11) is 0. The van der Waals surface area contributed by atoms with Crippen molar-refractivity contribution in [1.82, 2.24) is 0 Å². The summed E-state index contributed by atoms with van der Waals surface area (Å²) in [5, 5.41) is 8.75. The molecule has 4 heteroatoms. The number of halogens is 1. The number of hydrogen-bond acceptors (Lipinski definition) is 3. The fourth-order valence-electron chi connectivity index (χ4n) is 0.974. The molecule has 0 bridgehead atoms. The van der Waals surface area contributed by atoms with Crippen LogP contribution in [-0.4, -0.2) is 16.3 Å². The number of para-hydroxylation sites is 1. The Morgan fingerprint density at radius 1 is 1.62 bits per heavy atom. The van der Waals surface area contributed by atoms with Gasteiger partial charge in [-0.1, -0.05) is 6.07 Å². The minimum Gasteiger partial charge on any atom is -0.505 e. The van der Waals surface area contributed by atoms with Gasteiger partial charge in [-0.15, -0.1) is 11.6 Å². The van der Waals surface area contributed by atoms with Crippen molar-refractivity contribution in [3.05, 3.63) is 23.8 Å². The van der Waals surface area contributed by atoms with Gasteiger partial charge in [0.05, 0.1) is 16.6 Å². The van der Waals surface area contributed by atoms with E-state index < -0.39 is 5.38 Å². The second-order valence-corrected chi connectivity index (χ2v) is 3.38. The normalized spacial score (nSPS) is 12.5. The van der Waals surface area contributed by atoms with Crippen molar-refractivity contribution >= 4 is 23.1 Å². The van der Waals surface area contributed by atoms with E-state index in [0.29, 0.717) is 0 Å². The molecule has 0 aromatic heterocycles. The van der Waals surface area contributed by atoms with Gasteiger partial charge < -0.3 is 10.8 Å². The summed E-state index contributed by atoms with van der Waals surface area (Å²) >= 11 is 5.59. The fourth-order valence-corrected chi connectivity index (χ4v) is 1.09. The van der Waals surface area contributed by atoms with E-state index in [1.54, 1.807) is 13.0 Å². The molecule has 0 heterocycles. The van der Waals surface area contributed by atoms with E-state index in [-0.39, 0.29) is 22.8 Å². The van der Waals surface area contributed by atoms with Crippen molar-refractivity contribution in [2.75, 3.05) is 5.73 Å². The van der Waals surface area contributed by atoms with Gasteiger partial charge in [0, 0.05) is 0 Å². The number of benzene rings is 1. The number of hydrogen-bond donors (Lipinski definition) is 2. The third-order valence-corrected chi connectivity index (χ3v) is 1.89. The van der Waals surface area contributed by atoms with Crippen molar-refractivity contribution in [2.45, 2.75) is 12.3 Å². The highest BCUT2D eigenvalue weighted by atomic mass is 35.5. The number of aromatic hydroxyl groups is 1. The number of ketones is 1. The van der Waals surface area contributed by atoms with Crippen molar-refractivity contribution < 1.29 is 9.90 Å². The van der Waals surface area contributed by atoms with Crippen LogP contribution in [0.4, 0.5) is 5.69 Å². The topological polar surface area (TPSA) is 63.3 Å². The Labute approximate surface area is 81.1 Å². The van der Waals surface area contributed by atoms with E-state index in [2.05, 4.69) is 0 Å². The molecule has 0 radical (unpaired) electrons. The zero-order valence-corrected chi connectivity index (χ0v) is 7.88. The van der Waals surface area contributed by atoms with Gasteiger partial charge in [-0.3, -0.25) is 4.79 Å². The lowest BCUT2D eigenvalue weighted by Gasteiger charge is -2.06. The maximum Gasteiger partial charge on any atom is 0.184 e. The number of nitrogen functional groups attached to an aromatic ring is 1. The number of anilines is 1. The second kappa shape index (κ2) is 3.66. The first-order valence-electron chi connectivity index (χ1n) is 3.79. The number of nitrogens with two attached hydrogens (primary N) is 1. The molecule has 0 aliphatic heterocycles. The summed E-state index contributed by atoms with van der Waals surface area (Å²) in [6.45, 7) is 1.55. The molecule has 1 unspecified atom stereocenters. The van der Waals surface area contributed by atoms with Gasteiger partial charge in [-0.2, -0.15) is 0 Å². The van der Waals surface area contributed by atoms with Crippen molar-refractivity contribution in [1.29, 1.82) is 0 Å². The molecule has 0 aliphatic rings. The standard InChI is InChI=1S/C9H10ClNO2/c1-5(10)8(12)6-3-2-4-7(11)9(6)13/h2-5,13H,11H2,1H3. The van der Waals surface area contributed by atoms with E-state index in [4.69, 9.17) is 17.3 Å². The van der Waals surface area contributed by atoms with Gasteiger partial charge in [0.25, 0.3) is 0 Å². The second-order valence-electron chi connectivity index (χ2n) is 2.72. The largest absolute Gasteiger partial charge is 0.505 e. The summed E-state index contributed by atoms with van der Waals surface area (Å²) < 4.78 is 0. The van der Waals surface area contributed by atoms with E-state index >= 15 is 0 Å². The molecule has 0 saturated carbocycles. The summed E-state index contributed by atoms with van der Waals surface area (Å²) in [5.41, 5.74) is 5.77. The molecule has 0 fully saturated rings. The lowest BCUT2D eigenvalue weighted by molar-refractivity contribution is 0.0989. The first-order chi connectivity index (χ1) is 6.04.